The molecule has 0 spiro atoms. The van der Waals surface area contributed by atoms with Crippen LogP contribution in [0, 0.1) is 3.77 Å². The van der Waals surface area contributed by atoms with Crippen molar-refractivity contribution in [2.45, 2.75) is 13.3 Å². The molecular weight excluding hydrogens is 355 g/mol. The second kappa shape index (κ2) is 4.80. The molecule has 0 radical (unpaired) electrons. The second-order valence-corrected chi connectivity index (χ2v) is 5.19. The largest absolute Gasteiger partial charge is 0.431 e. The molecule has 0 bridgehead atoms. The van der Waals surface area contributed by atoms with Gasteiger partial charge in [-0.15, -0.1) is 0 Å². The van der Waals surface area contributed by atoms with Gasteiger partial charge in [0, 0.05) is 28.2 Å². The van der Waals surface area contributed by atoms with Crippen LogP contribution in [0.25, 0.3) is 22.2 Å². The first-order valence-electron chi connectivity index (χ1n) is 5.95. The van der Waals surface area contributed by atoms with Gasteiger partial charge in [-0.3, -0.25) is 4.79 Å². The summed E-state index contributed by atoms with van der Waals surface area (Å²) in [5.74, 6) is 0. The van der Waals surface area contributed by atoms with Crippen molar-refractivity contribution in [1.82, 2.24) is 9.97 Å². The van der Waals surface area contributed by atoms with Crippen LogP contribution in [-0.2, 0) is 6.42 Å². The molecule has 0 aliphatic carbocycles. The molecule has 0 fully saturated rings. The quantitative estimate of drug-likeness (QED) is 0.708. The highest BCUT2D eigenvalue weighted by Gasteiger charge is 2.17. The Hall–Kier alpha value is -1.63. The standard InChI is InChI=1S/C14H11IN2O2/c1-2-8-3-5-9(6-4-8)10-11-13(18)16-7-17-14(11)19-12(10)15/h3-7H,2H2,1H3,(H,16,17,18). The highest BCUT2D eigenvalue weighted by atomic mass is 127. The fourth-order valence-electron chi connectivity index (χ4n) is 2.08. The first kappa shape index (κ1) is 12.4. The fraction of sp³-hybridized carbons (Fsp3) is 0.143. The number of fused-ring (bicyclic) bond motifs is 1. The maximum absolute atomic E-state index is 12.0. The summed E-state index contributed by atoms with van der Waals surface area (Å²) >= 11 is 2.09. The van der Waals surface area contributed by atoms with Gasteiger partial charge in [0.05, 0.1) is 6.33 Å². The van der Waals surface area contributed by atoms with Crippen molar-refractivity contribution in [2.75, 3.05) is 0 Å². The minimum absolute atomic E-state index is 0.175. The number of benzene rings is 1. The summed E-state index contributed by atoms with van der Waals surface area (Å²) in [6.45, 7) is 2.11. The van der Waals surface area contributed by atoms with Crippen molar-refractivity contribution in [3.05, 3.63) is 50.3 Å². The summed E-state index contributed by atoms with van der Waals surface area (Å²) in [5, 5.41) is 0.510. The molecule has 0 saturated heterocycles. The summed E-state index contributed by atoms with van der Waals surface area (Å²) in [6, 6.07) is 8.15. The fourth-order valence-corrected chi connectivity index (χ4v) is 2.87. The van der Waals surface area contributed by atoms with E-state index in [4.69, 9.17) is 4.42 Å². The monoisotopic (exact) mass is 366 g/mol. The van der Waals surface area contributed by atoms with Gasteiger partial charge in [0.1, 0.15) is 5.39 Å². The molecule has 96 valence electrons. The van der Waals surface area contributed by atoms with Crippen LogP contribution in [0.3, 0.4) is 0 Å². The van der Waals surface area contributed by atoms with E-state index in [-0.39, 0.29) is 5.56 Å². The van der Waals surface area contributed by atoms with Gasteiger partial charge in [0.15, 0.2) is 3.77 Å². The zero-order chi connectivity index (χ0) is 13.4. The van der Waals surface area contributed by atoms with Crippen LogP contribution in [-0.4, -0.2) is 9.97 Å². The van der Waals surface area contributed by atoms with Crippen molar-refractivity contribution in [3.63, 3.8) is 0 Å². The molecule has 4 nitrogen and oxygen atoms in total. The summed E-state index contributed by atoms with van der Waals surface area (Å²) in [6.07, 6.45) is 2.35. The maximum Gasteiger partial charge on any atom is 0.262 e. The minimum Gasteiger partial charge on any atom is -0.431 e. The molecule has 1 aromatic carbocycles. The molecule has 1 N–H and O–H groups in total. The number of rotatable bonds is 2. The van der Waals surface area contributed by atoms with Crippen LogP contribution in [0.4, 0.5) is 0 Å². The van der Waals surface area contributed by atoms with Crippen molar-refractivity contribution in [2.24, 2.45) is 0 Å². The predicted molar refractivity (Wildman–Crippen MR) is 82.2 cm³/mol. The minimum atomic E-state index is -0.175. The lowest BCUT2D eigenvalue weighted by Crippen LogP contribution is -2.05. The highest BCUT2D eigenvalue weighted by Crippen LogP contribution is 2.32. The molecule has 3 aromatic rings. The highest BCUT2D eigenvalue weighted by molar-refractivity contribution is 14.1. The van der Waals surface area contributed by atoms with E-state index >= 15 is 0 Å². The van der Waals surface area contributed by atoms with Crippen molar-refractivity contribution in [3.8, 4) is 11.1 Å². The summed E-state index contributed by atoms with van der Waals surface area (Å²) in [5.41, 5.74) is 3.25. The molecular formula is C14H11IN2O2. The Bertz CT molecular complexity index is 787. The van der Waals surface area contributed by atoms with Crippen molar-refractivity contribution in [1.29, 1.82) is 0 Å². The number of H-pyrrole nitrogens is 1. The molecule has 0 aliphatic heterocycles. The zero-order valence-corrected chi connectivity index (χ0v) is 12.4. The first-order valence-corrected chi connectivity index (χ1v) is 7.03. The molecule has 5 heteroatoms. The Morgan fingerprint density at radius 3 is 2.74 bits per heavy atom. The molecule has 3 rings (SSSR count). The Morgan fingerprint density at radius 2 is 2.05 bits per heavy atom. The average Bonchev–Trinajstić information content (AvgIpc) is 2.76. The number of hydrogen-bond acceptors (Lipinski definition) is 3. The molecule has 0 amide bonds. The van der Waals surface area contributed by atoms with E-state index in [1.807, 2.05) is 12.1 Å². The van der Waals surface area contributed by atoms with Crippen LogP contribution < -0.4 is 5.56 Å². The zero-order valence-electron chi connectivity index (χ0n) is 10.2. The third-order valence-electron chi connectivity index (χ3n) is 3.10. The summed E-state index contributed by atoms with van der Waals surface area (Å²) in [4.78, 5) is 18.6. The van der Waals surface area contributed by atoms with Gasteiger partial charge in [-0.1, -0.05) is 31.2 Å². The lowest BCUT2D eigenvalue weighted by molar-refractivity contribution is 0.573. The van der Waals surface area contributed by atoms with Crippen LogP contribution in [0.1, 0.15) is 12.5 Å². The third kappa shape index (κ3) is 2.07. The number of nitrogens with zero attached hydrogens (tertiary/aromatic N) is 1. The lowest BCUT2D eigenvalue weighted by Gasteiger charge is -2.01. The Kier molecular flexibility index (Phi) is 3.14. The maximum atomic E-state index is 12.0. The van der Waals surface area contributed by atoms with Crippen molar-refractivity contribution < 1.29 is 4.42 Å². The van der Waals surface area contributed by atoms with Crippen LogP contribution >= 0.6 is 22.6 Å². The predicted octanol–water partition coefficient (Wildman–Crippen LogP) is 3.35. The van der Waals surface area contributed by atoms with Gasteiger partial charge in [0.2, 0.25) is 5.71 Å². The van der Waals surface area contributed by atoms with E-state index in [2.05, 4.69) is 51.6 Å². The van der Waals surface area contributed by atoms with Gasteiger partial charge in [-0.05, 0) is 17.5 Å². The van der Waals surface area contributed by atoms with Crippen molar-refractivity contribution >= 4 is 33.7 Å². The third-order valence-corrected chi connectivity index (χ3v) is 3.86. The van der Waals surface area contributed by atoms with Crippen LogP contribution in [0.2, 0.25) is 0 Å². The number of nitrogens with one attached hydrogen (secondary N) is 1. The number of aryl methyl sites for hydroxylation is 1. The number of aromatic amines is 1. The summed E-state index contributed by atoms with van der Waals surface area (Å²) < 4.78 is 6.23. The lowest BCUT2D eigenvalue weighted by atomic mass is 10.0. The second-order valence-electron chi connectivity index (χ2n) is 4.21. The Labute approximate surface area is 123 Å². The van der Waals surface area contributed by atoms with Crippen LogP contribution in [0.5, 0.6) is 0 Å². The number of aromatic nitrogens is 2. The molecule has 0 saturated carbocycles. The van der Waals surface area contributed by atoms with E-state index in [0.717, 1.165) is 17.5 Å². The van der Waals surface area contributed by atoms with E-state index < -0.39 is 0 Å². The average molecular weight is 366 g/mol. The first-order chi connectivity index (χ1) is 9.20. The van der Waals surface area contributed by atoms with Gasteiger partial charge < -0.3 is 9.40 Å². The van der Waals surface area contributed by atoms with E-state index in [1.54, 1.807) is 0 Å². The van der Waals surface area contributed by atoms with E-state index in [0.29, 0.717) is 14.9 Å². The van der Waals surface area contributed by atoms with E-state index in [1.165, 1.54) is 11.9 Å². The topological polar surface area (TPSA) is 58.9 Å². The molecule has 2 heterocycles. The van der Waals surface area contributed by atoms with Gasteiger partial charge >= 0.3 is 0 Å². The Balaban J connectivity index is 2.29. The van der Waals surface area contributed by atoms with Gasteiger partial charge in [0.25, 0.3) is 5.56 Å². The molecule has 0 atom stereocenters. The number of hydrogen-bond donors (Lipinski definition) is 1. The number of furan rings is 1. The van der Waals surface area contributed by atoms with Crippen LogP contribution in [0.15, 0.2) is 39.8 Å². The van der Waals surface area contributed by atoms with Gasteiger partial charge in [-0.25, -0.2) is 4.98 Å². The smallest absolute Gasteiger partial charge is 0.262 e. The van der Waals surface area contributed by atoms with Gasteiger partial charge in [-0.2, -0.15) is 0 Å². The molecule has 19 heavy (non-hydrogen) atoms. The number of halogens is 1. The summed E-state index contributed by atoms with van der Waals surface area (Å²) in [7, 11) is 0. The Morgan fingerprint density at radius 1 is 1.32 bits per heavy atom. The molecule has 0 aliphatic rings. The molecule has 2 aromatic heterocycles. The van der Waals surface area contributed by atoms with E-state index in [9.17, 15) is 4.79 Å². The SMILES string of the molecule is CCc1ccc(-c2c(I)oc3nc[nH]c(=O)c23)cc1. The molecule has 0 unspecified atom stereocenters. The normalized spacial score (nSPS) is 11.1.